The maximum Gasteiger partial charge on any atom is 0.265 e. The standard InChI is InChI=1S/C16H27N3OS.2ClH/c1-10(2)8-14-15(21-12(4)18-14)16(20)19-7-5-6-13(9-19)11(3)17;;/h10-11,13H,5-9,17H2,1-4H3;2*1H. The van der Waals surface area contributed by atoms with Crippen LogP contribution in [0.2, 0.25) is 0 Å². The van der Waals surface area contributed by atoms with Crippen LogP contribution in [0.5, 0.6) is 0 Å². The van der Waals surface area contributed by atoms with E-state index in [0.717, 1.165) is 47.9 Å². The molecule has 2 heterocycles. The molecule has 23 heavy (non-hydrogen) atoms. The molecular formula is C16H29Cl2N3OS. The largest absolute Gasteiger partial charge is 0.338 e. The molecule has 1 aromatic heterocycles. The SMILES string of the molecule is Cc1nc(CC(C)C)c(C(=O)N2CCCC(C(C)N)C2)s1.Cl.Cl. The number of carbonyl (C=O) groups excluding carboxylic acids is 1. The van der Waals surface area contributed by atoms with Gasteiger partial charge in [-0.15, -0.1) is 36.2 Å². The summed E-state index contributed by atoms with van der Waals surface area (Å²) in [6.45, 7) is 9.98. The third kappa shape index (κ3) is 5.89. The Morgan fingerprint density at radius 3 is 2.61 bits per heavy atom. The van der Waals surface area contributed by atoms with E-state index in [2.05, 4.69) is 18.8 Å². The Balaban J connectivity index is 0.00000242. The summed E-state index contributed by atoms with van der Waals surface area (Å²) in [5.41, 5.74) is 6.99. The molecule has 2 N–H and O–H groups in total. The van der Waals surface area contributed by atoms with Crippen molar-refractivity contribution in [2.24, 2.45) is 17.6 Å². The fourth-order valence-corrected chi connectivity index (χ4v) is 3.84. The molecule has 2 unspecified atom stereocenters. The fraction of sp³-hybridized carbons (Fsp3) is 0.750. The van der Waals surface area contributed by atoms with Gasteiger partial charge >= 0.3 is 0 Å². The average Bonchev–Trinajstić information content (AvgIpc) is 2.78. The van der Waals surface area contributed by atoms with Crippen LogP contribution in [-0.2, 0) is 6.42 Å². The van der Waals surface area contributed by atoms with Gasteiger partial charge in [-0.2, -0.15) is 0 Å². The van der Waals surface area contributed by atoms with Crippen molar-refractivity contribution in [1.82, 2.24) is 9.88 Å². The van der Waals surface area contributed by atoms with Crippen LogP contribution in [0, 0.1) is 18.8 Å². The van der Waals surface area contributed by atoms with E-state index >= 15 is 0 Å². The van der Waals surface area contributed by atoms with E-state index in [0.29, 0.717) is 11.8 Å². The van der Waals surface area contributed by atoms with Crippen molar-refractivity contribution in [3.8, 4) is 0 Å². The number of hydrogen-bond acceptors (Lipinski definition) is 4. The lowest BCUT2D eigenvalue weighted by atomic mass is 9.92. The fourth-order valence-electron chi connectivity index (χ4n) is 2.93. The van der Waals surface area contributed by atoms with E-state index < -0.39 is 0 Å². The zero-order valence-corrected chi connectivity index (χ0v) is 16.8. The number of hydrogen-bond donors (Lipinski definition) is 1. The number of likely N-dealkylation sites (tertiary alicyclic amines) is 1. The Labute approximate surface area is 156 Å². The molecule has 1 amide bonds. The number of thiazole rings is 1. The second kappa shape index (κ2) is 9.82. The Bertz CT molecular complexity index is 506. The Morgan fingerprint density at radius 1 is 1.39 bits per heavy atom. The number of carbonyl (C=O) groups is 1. The van der Waals surface area contributed by atoms with Crippen LogP contribution in [0.1, 0.15) is 54.0 Å². The lowest BCUT2D eigenvalue weighted by molar-refractivity contribution is 0.0664. The summed E-state index contributed by atoms with van der Waals surface area (Å²) in [6, 6.07) is 0.152. The maximum atomic E-state index is 12.8. The molecule has 1 aromatic rings. The Kier molecular flexibility index (Phi) is 9.67. The Morgan fingerprint density at radius 2 is 2.04 bits per heavy atom. The predicted molar refractivity (Wildman–Crippen MR) is 102 cm³/mol. The zero-order valence-electron chi connectivity index (χ0n) is 14.4. The van der Waals surface area contributed by atoms with Crippen LogP contribution in [0.3, 0.4) is 0 Å². The third-order valence-corrected chi connectivity index (χ3v) is 5.09. The number of piperidine rings is 1. The summed E-state index contributed by atoms with van der Waals surface area (Å²) >= 11 is 1.53. The molecule has 1 fully saturated rings. The second-order valence-electron chi connectivity index (χ2n) is 6.62. The van der Waals surface area contributed by atoms with Gasteiger partial charge in [-0.1, -0.05) is 13.8 Å². The first-order valence-corrected chi connectivity index (χ1v) is 8.71. The molecule has 134 valence electrons. The van der Waals surface area contributed by atoms with Gasteiger partial charge in [-0.3, -0.25) is 4.79 Å². The highest BCUT2D eigenvalue weighted by molar-refractivity contribution is 7.13. The van der Waals surface area contributed by atoms with Gasteiger partial charge in [0.05, 0.1) is 10.7 Å². The molecule has 4 nitrogen and oxygen atoms in total. The smallest absolute Gasteiger partial charge is 0.265 e. The van der Waals surface area contributed by atoms with Gasteiger partial charge in [-0.25, -0.2) is 4.98 Å². The second-order valence-corrected chi connectivity index (χ2v) is 7.82. The first-order valence-electron chi connectivity index (χ1n) is 7.89. The molecule has 0 spiro atoms. The highest BCUT2D eigenvalue weighted by atomic mass is 35.5. The summed E-state index contributed by atoms with van der Waals surface area (Å²) < 4.78 is 0. The molecule has 0 aliphatic carbocycles. The quantitative estimate of drug-likeness (QED) is 0.864. The summed E-state index contributed by atoms with van der Waals surface area (Å²) in [5.74, 6) is 1.09. The predicted octanol–water partition coefficient (Wildman–Crippen LogP) is 3.69. The number of nitrogens with zero attached hydrogens (tertiary/aromatic N) is 2. The number of amides is 1. The van der Waals surface area contributed by atoms with E-state index in [1.807, 2.05) is 18.7 Å². The van der Waals surface area contributed by atoms with Crippen LogP contribution in [0.15, 0.2) is 0 Å². The van der Waals surface area contributed by atoms with Crippen molar-refractivity contribution in [2.75, 3.05) is 13.1 Å². The number of aryl methyl sites for hydroxylation is 1. The number of rotatable bonds is 4. The minimum atomic E-state index is 0. The van der Waals surface area contributed by atoms with Crippen molar-refractivity contribution < 1.29 is 4.79 Å². The van der Waals surface area contributed by atoms with E-state index in [4.69, 9.17) is 5.73 Å². The van der Waals surface area contributed by atoms with Crippen molar-refractivity contribution in [1.29, 1.82) is 0 Å². The van der Waals surface area contributed by atoms with Crippen LogP contribution < -0.4 is 5.73 Å². The van der Waals surface area contributed by atoms with Gasteiger partial charge < -0.3 is 10.6 Å². The monoisotopic (exact) mass is 381 g/mol. The van der Waals surface area contributed by atoms with Gasteiger partial charge in [0.15, 0.2) is 0 Å². The van der Waals surface area contributed by atoms with Gasteiger partial charge in [0.2, 0.25) is 0 Å². The first kappa shape index (κ1) is 22.6. The first-order chi connectivity index (χ1) is 9.88. The highest BCUT2D eigenvalue weighted by Gasteiger charge is 2.29. The summed E-state index contributed by atoms with van der Waals surface area (Å²) in [4.78, 5) is 20.2. The van der Waals surface area contributed by atoms with E-state index in [9.17, 15) is 4.79 Å². The number of halogens is 2. The summed E-state index contributed by atoms with van der Waals surface area (Å²) in [7, 11) is 0. The molecule has 2 rings (SSSR count). The molecule has 1 saturated heterocycles. The Hall–Kier alpha value is -0.360. The van der Waals surface area contributed by atoms with Gasteiger partial charge in [-0.05, 0) is 44.9 Å². The van der Waals surface area contributed by atoms with Gasteiger partial charge in [0, 0.05) is 19.1 Å². The minimum Gasteiger partial charge on any atom is -0.338 e. The van der Waals surface area contributed by atoms with Crippen LogP contribution in [-0.4, -0.2) is 34.9 Å². The minimum absolute atomic E-state index is 0. The number of nitrogens with two attached hydrogens (primary N) is 1. The molecule has 0 bridgehead atoms. The third-order valence-electron chi connectivity index (χ3n) is 4.09. The molecule has 7 heteroatoms. The topological polar surface area (TPSA) is 59.2 Å². The zero-order chi connectivity index (χ0) is 15.6. The summed E-state index contributed by atoms with van der Waals surface area (Å²) in [5, 5.41) is 0.981. The van der Waals surface area contributed by atoms with Crippen molar-refractivity contribution >= 4 is 42.1 Å². The van der Waals surface area contributed by atoms with E-state index in [1.54, 1.807) is 0 Å². The van der Waals surface area contributed by atoms with Crippen LogP contribution in [0.25, 0.3) is 0 Å². The van der Waals surface area contributed by atoms with Crippen LogP contribution >= 0.6 is 36.2 Å². The summed E-state index contributed by atoms with van der Waals surface area (Å²) in [6.07, 6.45) is 3.05. The van der Waals surface area contributed by atoms with Gasteiger partial charge in [0.1, 0.15) is 4.88 Å². The van der Waals surface area contributed by atoms with E-state index in [1.165, 1.54) is 11.3 Å². The lowest BCUT2D eigenvalue weighted by Crippen LogP contribution is -2.45. The molecule has 0 saturated carbocycles. The lowest BCUT2D eigenvalue weighted by Gasteiger charge is -2.34. The maximum absolute atomic E-state index is 12.8. The van der Waals surface area contributed by atoms with Crippen molar-refractivity contribution in [3.05, 3.63) is 15.6 Å². The number of aromatic nitrogens is 1. The molecule has 1 aliphatic rings. The highest BCUT2D eigenvalue weighted by Crippen LogP contribution is 2.26. The molecule has 2 atom stereocenters. The normalized spacial score (nSPS) is 19.0. The molecular weight excluding hydrogens is 353 g/mol. The average molecular weight is 382 g/mol. The van der Waals surface area contributed by atoms with Crippen molar-refractivity contribution in [3.63, 3.8) is 0 Å². The molecule has 0 aromatic carbocycles. The van der Waals surface area contributed by atoms with Crippen molar-refractivity contribution in [2.45, 2.75) is 53.0 Å². The van der Waals surface area contributed by atoms with Gasteiger partial charge in [0.25, 0.3) is 5.91 Å². The molecule has 0 radical (unpaired) electrons. The van der Waals surface area contributed by atoms with Crippen LogP contribution in [0.4, 0.5) is 0 Å². The molecule has 1 aliphatic heterocycles. The van der Waals surface area contributed by atoms with E-state index in [-0.39, 0.29) is 36.8 Å².